The second kappa shape index (κ2) is 7.55. The maximum Gasteiger partial charge on any atom is 0.0832 e. The van der Waals surface area contributed by atoms with E-state index in [4.69, 9.17) is 16.7 Å². The maximum atomic E-state index is 6.04. The van der Waals surface area contributed by atoms with Crippen molar-refractivity contribution in [1.82, 2.24) is 0 Å². The van der Waals surface area contributed by atoms with Crippen molar-refractivity contribution < 1.29 is 0 Å². The van der Waals surface area contributed by atoms with E-state index in [1.165, 1.54) is 5.56 Å². The lowest BCUT2D eigenvalue weighted by molar-refractivity contribution is 0.707. The van der Waals surface area contributed by atoms with Gasteiger partial charge in [0.05, 0.1) is 17.4 Å². The molecule has 26 heavy (non-hydrogen) atoms. The summed E-state index contributed by atoms with van der Waals surface area (Å²) in [5.41, 5.74) is 4.46. The third kappa shape index (κ3) is 3.59. The van der Waals surface area contributed by atoms with Crippen LogP contribution in [0.5, 0.6) is 0 Å². The van der Waals surface area contributed by atoms with Crippen molar-refractivity contribution >= 4 is 54.9 Å². The minimum atomic E-state index is 0.146. The van der Waals surface area contributed by atoms with E-state index in [2.05, 4.69) is 67.2 Å². The van der Waals surface area contributed by atoms with E-state index in [1.54, 1.807) is 0 Å². The van der Waals surface area contributed by atoms with Crippen molar-refractivity contribution in [2.75, 3.05) is 5.01 Å². The van der Waals surface area contributed by atoms with Crippen LogP contribution in [0, 0.1) is 0 Å². The van der Waals surface area contributed by atoms with Crippen LogP contribution >= 0.6 is 43.5 Å². The molecule has 0 N–H and O–H groups in total. The van der Waals surface area contributed by atoms with Crippen LogP contribution in [0.25, 0.3) is 0 Å². The van der Waals surface area contributed by atoms with Crippen molar-refractivity contribution in [3.8, 4) is 0 Å². The second-order valence-corrected chi connectivity index (χ2v) is 8.33. The highest BCUT2D eigenvalue weighted by Crippen LogP contribution is 2.40. The number of rotatable bonds is 3. The highest BCUT2D eigenvalue weighted by atomic mass is 79.9. The molecule has 1 unspecified atom stereocenters. The number of para-hydroxylation sites is 1. The summed E-state index contributed by atoms with van der Waals surface area (Å²) in [6.45, 7) is 0. The number of anilines is 1. The van der Waals surface area contributed by atoms with Gasteiger partial charge in [0.1, 0.15) is 0 Å². The summed E-state index contributed by atoms with van der Waals surface area (Å²) in [4.78, 5) is 0. The first-order valence-electron chi connectivity index (χ1n) is 8.24. The van der Waals surface area contributed by atoms with Gasteiger partial charge in [0.2, 0.25) is 0 Å². The Morgan fingerprint density at radius 1 is 0.885 bits per heavy atom. The molecule has 0 aromatic heterocycles. The van der Waals surface area contributed by atoms with Gasteiger partial charge in [-0.05, 0) is 63.5 Å². The Morgan fingerprint density at radius 2 is 1.58 bits per heavy atom. The standard InChI is InChI=1S/C21H15Br2ClN2/c22-16-9-5-15(6-10-16)21-13-19(14-7-11-17(24)12-8-14)25-26(21)20-4-2-1-3-18(20)23/h1-12,21H,13H2. The first-order chi connectivity index (χ1) is 12.6. The van der Waals surface area contributed by atoms with Crippen molar-refractivity contribution in [3.05, 3.63) is 97.9 Å². The van der Waals surface area contributed by atoms with Gasteiger partial charge in [-0.2, -0.15) is 5.10 Å². The normalized spacial score (nSPS) is 16.7. The van der Waals surface area contributed by atoms with E-state index >= 15 is 0 Å². The minimum absolute atomic E-state index is 0.146. The highest BCUT2D eigenvalue weighted by molar-refractivity contribution is 9.10. The molecule has 0 fully saturated rings. The molecule has 0 spiro atoms. The summed E-state index contributed by atoms with van der Waals surface area (Å²) in [5.74, 6) is 0. The quantitative estimate of drug-likeness (QED) is 0.378. The number of benzene rings is 3. The molecule has 4 rings (SSSR count). The first-order valence-corrected chi connectivity index (χ1v) is 10.2. The van der Waals surface area contributed by atoms with Crippen molar-refractivity contribution in [2.24, 2.45) is 5.10 Å². The Bertz CT molecular complexity index is 953. The third-order valence-electron chi connectivity index (χ3n) is 4.44. The van der Waals surface area contributed by atoms with Gasteiger partial charge in [0.15, 0.2) is 0 Å². The average molecular weight is 491 g/mol. The Kier molecular flexibility index (Phi) is 5.16. The maximum absolute atomic E-state index is 6.04. The molecule has 0 saturated heterocycles. The van der Waals surface area contributed by atoms with Gasteiger partial charge in [-0.1, -0.05) is 63.9 Å². The molecule has 3 aromatic carbocycles. The lowest BCUT2D eigenvalue weighted by Crippen LogP contribution is -2.18. The Labute approximate surface area is 174 Å². The van der Waals surface area contributed by atoms with Gasteiger partial charge in [0, 0.05) is 20.4 Å². The van der Waals surface area contributed by atoms with Crippen LogP contribution in [-0.2, 0) is 0 Å². The van der Waals surface area contributed by atoms with Crippen LogP contribution in [-0.4, -0.2) is 5.71 Å². The fourth-order valence-electron chi connectivity index (χ4n) is 3.13. The van der Waals surface area contributed by atoms with Gasteiger partial charge < -0.3 is 0 Å². The van der Waals surface area contributed by atoms with Crippen molar-refractivity contribution in [2.45, 2.75) is 12.5 Å². The molecule has 2 nitrogen and oxygen atoms in total. The Balaban J connectivity index is 1.77. The minimum Gasteiger partial charge on any atom is -0.256 e. The van der Waals surface area contributed by atoms with E-state index in [-0.39, 0.29) is 6.04 Å². The molecular weight excluding hydrogens is 476 g/mol. The molecule has 5 heteroatoms. The number of nitrogens with zero attached hydrogens (tertiary/aromatic N) is 2. The summed E-state index contributed by atoms with van der Waals surface area (Å²) < 4.78 is 2.11. The lowest BCUT2D eigenvalue weighted by atomic mass is 9.98. The van der Waals surface area contributed by atoms with Crippen LogP contribution < -0.4 is 5.01 Å². The van der Waals surface area contributed by atoms with E-state index in [0.717, 1.165) is 37.4 Å². The molecule has 1 heterocycles. The summed E-state index contributed by atoms with van der Waals surface area (Å²) in [5, 5.41) is 7.81. The van der Waals surface area contributed by atoms with Crippen LogP contribution in [0.3, 0.4) is 0 Å². The number of halogens is 3. The molecule has 0 amide bonds. The lowest BCUT2D eigenvalue weighted by Gasteiger charge is -2.25. The molecule has 0 radical (unpaired) electrons. The monoisotopic (exact) mass is 488 g/mol. The SMILES string of the molecule is Clc1ccc(C2=NN(c3ccccc3Br)C(c3ccc(Br)cc3)C2)cc1. The molecule has 1 aliphatic rings. The number of hydrogen-bond acceptors (Lipinski definition) is 2. The predicted octanol–water partition coefficient (Wildman–Crippen LogP) is 7.22. The fourth-order valence-corrected chi connectivity index (χ4v) is 3.99. The molecule has 1 atom stereocenters. The van der Waals surface area contributed by atoms with Gasteiger partial charge in [-0.3, -0.25) is 5.01 Å². The molecule has 3 aromatic rings. The second-order valence-electron chi connectivity index (χ2n) is 6.12. The molecule has 1 aliphatic heterocycles. The van der Waals surface area contributed by atoms with Crippen molar-refractivity contribution in [1.29, 1.82) is 0 Å². The molecule has 0 saturated carbocycles. The van der Waals surface area contributed by atoms with Crippen LogP contribution in [0.1, 0.15) is 23.6 Å². The van der Waals surface area contributed by atoms with Crippen LogP contribution in [0.2, 0.25) is 5.02 Å². The zero-order chi connectivity index (χ0) is 18.1. The smallest absolute Gasteiger partial charge is 0.0832 e. The van der Waals surface area contributed by atoms with E-state index in [9.17, 15) is 0 Å². The Morgan fingerprint density at radius 3 is 2.27 bits per heavy atom. The van der Waals surface area contributed by atoms with Gasteiger partial charge in [-0.15, -0.1) is 0 Å². The largest absolute Gasteiger partial charge is 0.256 e. The van der Waals surface area contributed by atoms with Gasteiger partial charge >= 0.3 is 0 Å². The predicted molar refractivity (Wildman–Crippen MR) is 116 cm³/mol. The van der Waals surface area contributed by atoms with E-state index in [0.29, 0.717) is 0 Å². The van der Waals surface area contributed by atoms with Crippen LogP contribution in [0.15, 0.2) is 86.8 Å². The highest BCUT2D eigenvalue weighted by Gasteiger charge is 2.30. The summed E-state index contributed by atoms with van der Waals surface area (Å²) in [7, 11) is 0. The molecule has 0 bridgehead atoms. The zero-order valence-electron chi connectivity index (χ0n) is 13.7. The summed E-state index contributed by atoms with van der Waals surface area (Å²) in [6.07, 6.45) is 0.838. The van der Waals surface area contributed by atoms with Gasteiger partial charge in [0.25, 0.3) is 0 Å². The summed E-state index contributed by atoms with van der Waals surface area (Å²) >= 11 is 13.2. The zero-order valence-corrected chi connectivity index (χ0v) is 17.7. The first kappa shape index (κ1) is 17.8. The molecule has 130 valence electrons. The summed E-state index contributed by atoms with van der Waals surface area (Å²) in [6, 6.07) is 24.7. The van der Waals surface area contributed by atoms with Gasteiger partial charge in [-0.25, -0.2) is 0 Å². The molecular formula is C21H15Br2ClN2. The van der Waals surface area contributed by atoms with E-state index < -0.39 is 0 Å². The Hall–Kier alpha value is -1.62. The molecule has 0 aliphatic carbocycles. The topological polar surface area (TPSA) is 15.6 Å². The third-order valence-corrected chi connectivity index (χ3v) is 5.89. The number of hydrazone groups is 1. The van der Waals surface area contributed by atoms with E-state index in [1.807, 2.05) is 42.5 Å². The number of hydrogen-bond donors (Lipinski definition) is 0. The van der Waals surface area contributed by atoms with Crippen molar-refractivity contribution in [3.63, 3.8) is 0 Å². The van der Waals surface area contributed by atoms with Crippen LogP contribution in [0.4, 0.5) is 5.69 Å². The average Bonchev–Trinajstić information content (AvgIpc) is 3.08. The fraction of sp³-hybridized carbons (Fsp3) is 0.0952.